The monoisotopic (exact) mass is 413 g/mol. The van der Waals surface area contributed by atoms with E-state index in [2.05, 4.69) is 20.3 Å². The fourth-order valence-corrected chi connectivity index (χ4v) is 3.24. The first-order chi connectivity index (χ1) is 13.6. The van der Waals surface area contributed by atoms with E-state index in [4.69, 9.17) is 5.73 Å². The van der Waals surface area contributed by atoms with Gasteiger partial charge in [-0.25, -0.2) is 18.2 Å². The molecule has 2 N–H and O–H groups in total. The molecule has 4 rings (SSSR count). The van der Waals surface area contributed by atoms with Crippen molar-refractivity contribution in [3.8, 4) is 5.95 Å². The van der Waals surface area contributed by atoms with Gasteiger partial charge in [-0.3, -0.25) is 4.57 Å². The third-order valence-electron chi connectivity index (χ3n) is 4.64. The van der Waals surface area contributed by atoms with Gasteiger partial charge in [0.1, 0.15) is 17.5 Å². The third kappa shape index (κ3) is 3.59. The van der Waals surface area contributed by atoms with Gasteiger partial charge >= 0.3 is 5.92 Å². The Morgan fingerprint density at radius 2 is 1.83 bits per heavy atom. The number of nitrogens with two attached hydrogens (primary N) is 1. The van der Waals surface area contributed by atoms with E-state index in [0.29, 0.717) is 37.6 Å². The van der Waals surface area contributed by atoms with Crippen molar-refractivity contribution in [1.29, 1.82) is 0 Å². The van der Waals surface area contributed by atoms with Crippen LogP contribution in [0.15, 0.2) is 12.1 Å². The summed E-state index contributed by atoms with van der Waals surface area (Å²) in [4.78, 5) is 3.86. The van der Waals surface area contributed by atoms with Crippen LogP contribution in [-0.2, 0) is 31.7 Å². The lowest BCUT2D eigenvalue weighted by Gasteiger charge is -2.17. The van der Waals surface area contributed by atoms with Gasteiger partial charge in [0.25, 0.3) is 5.95 Å². The summed E-state index contributed by atoms with van der Waals surface area (Å²) in [6.45, 7) is 1.10. The van der Waals surface area contributed by atoms with Gasteiger partial charge in [-0.1, -0.05) is 0 Å². The Kier molecular flexibility index (Phi) is 4.60. The molecule has 1 aliphatic rings. The van der Waals surface area contributed by atoms with Crippen molar-refractivity contribution >= 4 is 0 Å². The van der Waals surface area contributed by atoms with E-state index in [-0.39, 0.29) is 24.4 Å². The molecule has 2 aromatic heterocycles. The molecule has 0 saturated heterocycles. The highest BCUT2D eigenvalue weighted by molar-refractivity contribution is 5.23. The van der Waals surface area contributed by atoms with Crippen molar-refractivity contribution in [3.63, 3.8) is 0 Å². The smallest absolute Gasteiger partial charge is 0.305 e. The highest BCUT2D eigenvalue weighted by Crippen LogP contribution is 2.27. The predicted octanol–water partition coefficient (Wildman–Crippen LogP) is 2.06. The molecule has 3 heterocycles. The second-order valence-corrected chi connectivity index (χ2v) is 7.00. The van der Waals surface area contributed by atoms with Gasteiger partial charge in [0.2, 0.25) is 5.82 Å². The maximum Gasteiger partial charge on any atom is 0.305 e. The first-order valence-electron chi connectivity index (χ1n) is 8.79. The van der Waals surface area contributed by atoms with Gasteiger partial charge in [-0.05, 0) is 18.1 Å². The highest BCUT2D eigenvalue weighted by atomic mass is 19.3. The molecule has 0 saturated carbocycles. The molecule has 12 heteroatoms. The molecule has 1 aromatic carbocycles. The quantitative estimate of drug-likeness (QED) is 0.511. The minimum absolute atomic E-state index is 0.0496. The largest absolute Gasteiger partial charge is 0.327 e. The van der Waals surface area contributed by atoms with E-state index in [9.17, 15) is 22.0 Å². The summed E-state index contributed by atoms with van der Waals surface area (Å²) in [7, 11) is 0. The number of fused-ring (bicyclic) bond motifs is 3. The molecule has 0 fully saturated rings. The van der Waals surface area contributed by atoms with E-state index >= 15 is 0 Å². The number of rotatable bonds is 5. The number of aromatic nitrogens is 6. The second kappa shape index (κ2) is 6.87. The third-order valence-corrected chi connectivity index (χ3v) is 4.64. The molecule has 0 aliphatic carbocycles. The lowest BCUT2D eigenvalue weighted by molar-refractivity contribution is 0.00777. The molecule has 3 aromatic rings. The van der Waals surface area contributed by atoms with Crippen LogP contribution >= 0.6 is 0 Å². The number of nitrogens with zero attached hydrogens (tertiary/aromatic N) is 6. The SMILES string of the molecule is CC(F)(F)c1nc2n(n1)-c1nnc(C[C@H](N)Cc3cc(F)c(F)cc3F)n1CC2. The Morgan fingerprint density at radius 1 is 1.10 bits per heavy atom. The number of benzene rings is 1. The summed E-state index contributed by atoms with van der Waals surface area (Å²) < 4.78 is 70.2. The summed E-state index contributed by atoms with van der Waals surface area (Å²) in [5.41, 5.74) is 5.99. The van der Waals surface area contributed by atoms with Gasteiger partial charge in [0, 0.05) is 38.4 Å². The molecule has 0 unspecified atom stereocenters. The topological polar surface area (TPSA) is 87.4 Å². The van der Waals surface area contributed by atoms with Crippen molar-refractivity contribution in [1.82, 2.24) is 29.5 Å². The maximum absolute atomic E-state index is 13.8. The molecule has 0 bridgehead atoms. The Bertz CT molecular complexity index is 1070. The van der Waals surface area contributed by atoms with Crippen LogP contribution in [0.2, 0.25) is 0 Å². The fourth-order valence-electron chi connectivity index (χ4n) is 3.24. The number of halogens is 5. The summed E-state index contributed by atoms with van der Waals surface area (Å²) >= 11 is 0. The molecule has 0 radical (unpaired) electrons. The molecule has 1 atom stereocenters. The summed E-state index contributed by atoms with van der Waals surface area (Å²) in [6, 6.07) is 0.595. The molecule has 154 valence electrons. The van der Waals surface area contributed by atoms with Crippen molar-refractivity contribution in [3.05, 3.63) is 52.6 Å². The Hall–Kier alpha value is -2.89. The minimum Gasteiger partial charge on any atom is -0.327 e. The Balaban J connectivity index is 1.55. The molecular weight excluding hydrogens is 397 g/mol. The molecular formula is C17H16F5N7. The fraction of sp³-hybridized carbons (Fsp3) is 0.412. The number of hydrogen-bond acceptors (Lipinski definition) is 5. The van der Waals surface area contributed by atoms with Crippen LogP contribution in [0.4, 0.5) is 22.0 Å². The average molecular weight is 413 g/mol. The van der Waals surface area contributed by atoms with Crippen LogP contribution < -0.4 is 5.73 Å². The van der Waals surface area contributed by atoms with Gasteiger partial charge in [-0.15, -0.1) is 15.3 Å². The molecule has 0 amide bonds. The minimum atomic E-state index is -3.19. The van der Waals surface area contributed by atoms with Crippen LogP contribution in [0.5, 0.6) is 0 Å². The van der Waals surface area contributed by atoms with Crippen molar-refractivity contribution < 1.29 is 22.0 Å². The highest BCUT2D eigenvalue weighted by Gasteiger charge is 2.34. The van der Waals surface area contributed by atoms with Crippen LogP contribution in [0.3, 0.4) is 0 Å². The predicted molar refractivity (Wildman–Crippen MR) is 89.9 cm³/mol. The lowest BCUT2D eigenvalue weighted by atomic mass is 10.0. The van der Waals surface area contributed by atoms with E-state index in [1.807, 2.05) is 0 Å². The zero-order valence-corrected chi connectivity index (χ0v) is 15.2. The van der Waals surface area contributed by atoms with E-state index < -0.39 is 35.2 Å². The van der Waals surface area contributed by atoms with Crippen LogP contribution in [0.1, 0.15) is 30.0 Å². The molecule has 0 spiro atoms. The number of hydrogen-bond donors (Lipinski definition) is 1. The van der Waals surface area contributed by atoms with Gasteiger partial charge in [0.15, 0.2) is 11.6 Å². The van der Waals surface area contributed by atoms with Crippen molar-refractivity contribution in [2.24, 2.45) is 5.73 Å². The molecule has 29 heavy (non-hydrogen) atoms. The average Bonchev–Trinajstić information content (AvgIpc) is 3.23. The maximum atomic E-state index is 13.8. The normalized spacial score (nSPS) is 14.6. The number of alkyl halides is 2. The first-order valence-corrected chi connectivity index (χ1v) is 8.79. The van der Waals surface area contributed by atoms with Gasteiger partial charge < -0.3 is 5.73 Å². The zero-order chi connectivity index (χ0) is 20.9. The summed E-state index contributed by atoms with van der Waals surface area (Å²) in [5.74, 6) is -6.07. The number of aryl methyl sites for hydroxylation is 1. The summed E-state index contributed by atoms with van der Waals surface area (Å²) in [6.07, 6.45) is 0.451. The van der Waals surface area contributed by atoms with Crippen LogP contribution in [0.25, 0.3) is 5.95 Å². The van der Waals surface area contributed by atoms with Crippen LogP contribution in [0, 0.1) is 17.5 Å². The van der Waals surface area contributed by atoms with E-state index in [1.165, 1.54) is 4.68 Å². The molecule has 1 aliphatic heterocycles. The Labute approximate surface area is 161 Å². The second-order valence-electron chi connectivity index (χ2n) is 7.00. The van der Waals surface area contributed by atoms with Gasteiger partial charge in [0.05, 0.1) is 0 Å². The van der Waals surface area contributed by atoms with Gasteiger partial charge in [-0.2, -0.15) is 13.5 Å². The zero-order valence-electron chi connectivity index (χ0n) is 15.2. The van der Waals surface area contributed by atoms with E-state index in [0.717, 1.165) is 6.07 Å². The van der Waals surface area contributed by atoms with Crippen molar-refractivity contribution in [2.75, 3.05) is 0 Å². The van der Waals surface area contributed by atoms with Crippen molar-refractivity contribution in [2.45, 2.75) is 44.7 Å². The standard InChI is InChI=1S/C17H16F5N7/c1-17(21,22)15-24-13-2-3-28-14(25-26-16(28)29(13)27-15)6-9(23)4-8-5-11(19)12(20)7-10(8)18/h5,7,9H,2-4,6,23H2,1H3/t9-/m1/s1. The Morgan fingerprint density at radius 3 is 2.55 bits per heavy atom. The lowest BCUT2D eigenvalue weighted by Crippen LogP contribution is -2.29. The van der Waals surface area contributed by atoms with E-state index in [1.54, 1.807) is 4.57 Å². The summed E-state index contributed by atoms with van der Waals surface area (Å²) in [5, 5.41) is 11.8. The first kappa shape index (κ1) is 19.4. The van der Waals surface area contributed by atoms with Crippen LogP contribution in [-0.4, -0.2) is 35.6 Å². The molecule has 7 nitrogen and oxygen atoms in total.